The van der Waals surface area contributed by atoms with E-state index in [1.165, 1.54) is 0 Å². The summed E-state index contributed by atoms with van der Waals surface area (Å²) in [6, 6.07) is 0. The molecule has 21 heteroatoms. The summed E-state index contributed by atoms with van der Waals surface area (Å²) >= 11 is 0. The normalized spacial score (nSPS) is 52.9. The van der Waals surface area contributed by atoms with E-state index in [1.807, 2.05) is 0 Å². The Balaban J connectivity index is 1.45. The summed E-state index contributed by atoms with van der Waals surface area (Å²) in [5.74, 6) is 0. The zero-order valence-electron chi connectivity index (χ0n) is 23.5. The molecule has 4 rings (SSSR count). The molecule has 4 fully saturated rings. The maximum Gasteiger partial charge on any atom is 0.187 e. The van der Waals surface area contributed by atoms with Gasteiger partial charge in [0, 0.05) is 0 Å². The first-order valence-electron chi connectivity index (χ1n) is 14.1. The van der Waals surface area contributed by atoms with Crippen molar-refractivity contribution >= 4 is 0 Å². The number of aliphatic hydroxyl groups is 14. The van der Waals surface area contributed by atoms with Gasteiger partial charge in [0.05, 0.1) is 26.4 Å². The molecule has 0 bridgehead atoms. The largest absolute Gasteiger partial charge is 0.394 e. The zero-order valence-corrected chi connectivity index (χ0v) is 23.5. The molecule has 21 nitrogen and oxygen atoms in total. The highest BCUT2D eigenvalue weighted by Crippen LogP contribution is 2.33. The number of hydrogen-bond donors (Lipinski definition) is 14. The summed E-state index contributed by atoms with van der Waals surface area (Å²) in [7, 11) is 0. The van der Waals surface area contributed by atoms with E-state index in [2.05, 4.69) is 0 Å². The van der Waals surface area contributed by atoms with Gasteiger partial charge in [-0.2, -0.15) is 0 Å². The lowest BCUT2D eigenvalue weighted by Crippen LogP contribution is -2.67. The van der Waals surface area contributed by atoms with E-state index in [0.29, 0.717) is 0 Å². The van der Waals surface area contributed by atoms with Gasteiger partial charge in [-0.3, -0.25) is 0 Å². The Kier molecular flexibility index (Phi) is 12.8. The molecule has 20 atom stereocenters. The van der Waals surface area contributed by atoms with Gasteiger partial charge in [-0.15, -0.1) is 0 Å². The minimum absolute atomic E-state index is 0.692. The highest BCUT2D eigenvalue weighted by molar-refractivity contribution is 4.97. The van der Waals surface area contributed by atoms with Gasteiger partial charge in [0.15, 0.2) is 25.2 Å². The lowest BCUT2D eigenvalue weighted by molar-refractivity contribution is -0.381. The fraction of sp³-hybridized carbons (Fsp3) is 1.00. The summed E-state index contributed by atoms with van der Waals surface area (Å²) in [4.78, 5) is 0. The molecule has 4 heterocycles. The first-order valence-corrected chi connectivity index (χ1v) is 14.1. The minimum atomic E-state index is -2.04. The van der Waals surface area contributed by atoms with Crippen molar-refractivity contribution in [2.75, 3.05) is 26.4 Å². The Bertz CT molecular complexity index is 914. The predicted octanol–water partition coefficient (Wildman–Crippen LogP) is -9.75. The SMILES string of the molecule is OCC1O[C@@H](O[C@@H]2C(O)[C@H](O)OC(CO[C@@H]3OC(CO)[C@@H](O)C(O)[C@@H]3O)[C@H]2O)C(O)C(O[C@@H]2OC(CO)[C@H](O)[C@H](O)C2O)[C@@H]1O. The molecule has 9 unspecified atom stereocenters. The van der Waals surface area contributed by atoms with Crippen LogP contribution < -0.4 is 0 Å². The minimum Gasteiger partial charge on any atom is -0.394 e. The Morgan fingerprint density at radius 1 is 0.378 bits per heavy atom. The van der Waals surface area contributed by atoms with Crippen molar-refractivity contribution in [3.05, 3.63) is 0 Å². The third-order valence-electron chi connectivity index (χ3n) is 8.19. The molecule has 264 valence electrons. The molecule has 4 saturated heterocycles. The molecular formula is C24H42O21. The second-order valence-corrected chi connectivity index (χ2v) is 11.2. The van der Waals surface area contributed by atoms with Crippen molar-refractivity contribution in [1.29, 1.82) is 0 Å². The number of rotatable bonds is 10. The van der Waals surface area contributed by atoms with Crippen molar-refractivity contribution in [3.63, 3.8) is 0 Å². The summed E-state index contributed by atoms with van der Waals surface area (Å²) in [6.07, 6.45) is -35.4. The van der Waals surface area contributed by atoms with E-state index in [-0.39, 0.29) is 0 Å². The molecule has 0 amide bonds. The molecule has 0 aliphatic carbocycles. The van der Waals surface area contributed by atoms with Crippen LogP contribution in [-0.4, -0.2) is 221 Å². The second-order valence-electron chi connectivity index (χ2n) is 11.2. The van der Waals surface area contributed by atoms with E-state index in [9.17, 15) is 71.5 Å². The van der Waals surface area contributed by atoms with Gasteiger partial charge in [0.2, 0.25) is 0 Å². The topological polar surface area (TPSA) is 348 Å². The Morgan fingerprint density at radius 2 is 0.778 bits per heavy atom. The van der Waals surface area contributed by atoms with Crippen LogP contribution in [0.2, 0.25) is 0 Å². The highest BCUT2D eigenvalue weighted by atomic mass is 16.8. The lowest BCUT2D eigenvalue weighted by atomic mass is 9.96. The van der Waals surface area contributed by atoms with Crippen molar-refractivity contribution in [2.45, 2.75) is 123 Å². The molecule has 0 aromatic rings. The molecule has 0 spiro atoms. The van der Waals surface area contributed by atoms with Crippen molar-refractivity contribution < 1.29 is 105 Å². The fourth-order valence-corrected chi connectivity index (χ4v) is 5.43. The third kappa shape index (κ3) is 7.59. The maximum atomic E-state index is 11.0. The van der Waals surface area contributed by atoms with Crippen molar-refractivity contribution in [2.24, 2.45) is 0 Å². The summed E-state index contributed by atoms with van der Waals surface area (Å²) < 4.78 is 37.4. The lowest BCUT2D eigenvalue weighted by Gasteiger charge is -2.48. The molecule has 45 heavy (non-hydrogen) atoms. The zero-order chi connectivity index (χ0) is 33.3. The standard InChI is InChI=1S/C24H42O21/c25-1-5-9(28)13(32)15(34)22(41-5)39-4-8-12(31)19(17(36)21(38)40-8)44-24-18(37)20(11(30)7(3-27)43-24)45-23-16(35)14(33)10(29)6(2-26)42-23/h5-38H,1-4H2/t5?,6?,7?,8?,9-,10+,11-,12-,13?,14+,15+,16?,17?,18?,19+,20?,21-,22-,23+,24+/m1/s1. The quantitative estimate of drug-likeness (QED) is 0.103. The molecule has 4 aliphatic heterocycles. The number of aliphatic hydroxyl groups excluding tert-OH is 14. The van der Waals surface area contributed by atoms with Crippen LogP contribution in [0.1, 0.15) is 0 Å². The molecule has 0 aromatic heterocycles. The Morgan fingerprint density at radius 3 is 1.29 bits per heavy atom. The molecular weight excluding hydrogens is 624 g/mol. The Hall–Kier alpha value is -0.840. The number of hydrogen-bond acceptors (Lipinski definition) is 21. The average Bonchev–Trinajstić information content (AvgIpc) is 3.02. The van der Waals surface area contributed by atoms with E-state index >= 15 is 0 Å². The van der Waals surface area contributed by atoms with E-state index in [0.717, 1.165) is 0 Å². The van der Waals surface area contributed by atoms with Gasteiger partial charge in [0.25, 0.3) is 0 Å². The Labute approximate surface area is 254 Å². The highest BCUT2D eigenvalue weighted by Gasteiger charge is 2.54. The predicted molar refractivity (Wildman–Crippen MR) is 134 cm³/mol. The van der Waals surface area contributed by atoms with Gasteiger partial charge in [-0.25, -0.2) is 0 Å². The van der Waals surface area contributed by atoms with Crippen LogP contribution in [0.3, 0.4) is 0 Å². The molecule has 4 aliphatic rings. The number of ether oxygens (including phenoxy) is 7. The first-order chi connectivity index (χ1) is 21.2. The van der Waals surface area contributed by atoms with Gasteiger partial charge >= 0.3 is 0 Å². The summed E-state index contributed by atoms with van der Waals surface area (Å²) in [5.41, 5.74) is 0. The molecule has 0 radical (unpaired) electrons. The smallest absolute Gasteiger partial charge is 0.187 e. The van der Waals surface area contributed by atoms with E-state index in [1.54, 1.807) is 0 Å². The third-order valence-corrected chi connectivity index (χ3v) is 8.19. The van der Waals surface area contributed by atoms with Crippen molar-refractivity contribution in [3.8, 4) is 0 Å². The van der Waals surface area contributed by atoms with Crippen LogP contribution in [0.5, 0.6) is 0 Å². The molecule has 0 saturated carbocycles. The monoisotopic (exact) mass is 666 g/mol. The van der Waals surface area contributed by atoms with E-state index in [4.69, 9.17) is 33.2 Å². The molecule has 0 aromatic carbocycles. The van der Waals surface area contributed by atoms with Gasteiger partial charge < -0.3 is 105 Å². The summed E-state index contributed by atoms with van der Waals surface area (Å²) in [6.45, 7) is -3.14. The van der Waals surface area contributed by atoms with Crippen LogP contribution in [0.15, 0.2) is 0 Å². The first kappa shape index (κ1) is 37.0. The van der Waals surface area contributed by atoms with Gasteiger partial charge in [0.1, 0.15) is 97.7 Å². The maximum absolute atomic E-state index is 11.0. The van der Waals surface area contributed by atoms with Crippen LogP contribution in [0.4, 0.5) is 0 Å². The average molecular weight is 667 g/mol. The summed E-state index contributed by atoms with van der Waals surface area (Å²) in [5, 5.41) is 142. The van der Waals surface area contributed by atoms with Crippen LogP contribution in [0, 0.1) is 0 Å². The van der Waals surface area contributed by atoms with Gasteiger partial charge in [-0.05, 0) is 0 Å². The van der Waals surface area contributed by atoms with Crippen LogP contribution >= 0.6 is 0 Å². The fourth-order valence-electron chi connectivity index (χ4n) is 5.43. The molecule has 14 N–H and O–H groups in total. The van der Waals surface area contributed by atoms with Crippen LogP contribution in [-0.2, 0) is 33.2 Å². The second kappa shape index (κ2) is 15.6. The van der Waals surface area contributed by atoms with Crippen molar-refractivity contribution in [1.82, 2.24) is 0 Å². The van der Waals surface area contributed by atoms with Crippen LogP contribution in [0.25, 0.3) is 0 Å². The van der Waals surface area contributed by atoms with E-state index < -0.39 is 149 Å². The van der Waals surface area contributed by atoms with Gasteiger partial charge in [-0.1, -0.05) is 0 Å².